The predicted octanol–water partition coefficient (Wildman–Crippen LogP) is 2.70. The van der Waals surface area contributed by atoms with Crippen molar-refractivity contribution in [2.24, 2.45) is 5.92 Å². The lowest BCUT2D eigenvalue weighted by Gasteiger charge is -2.32. The SMILES string of the molecule is CCc1cc(N2CCC(CC(=O)NC3CCCC3)CC2)ncn1. The van der Waals surface area contributed by atoms with Crippen molar-refractivity contribution in [2.45, 2.75) is 64.3 Å². The lowest BCUT2D eigenvalue weighted by molar-refractivity contribution is -0.122. The molecule has 0 atom stereocenters. The second-order valence-corrected chi connectivity index (χ2v) is 6.90. The molecule has 1 N–H and O–H groups in total. The highest BCUT2D eigenvalue weighted by Crippen LogP contribution is 2.25. The second-order valence-electron chi connectivity index (χ2n) is 6.90. The van der Waals surface area contributed by atoms with Crippen LogP contribution in [-0.2, 0) is 11.2 Å². The van der Waals surface area contributed by atoms with Crippen molar-refractivity contribution in [2.75, 3.05) is 18.0 Å². The van der Waals surface area contributed by atoms with E-state index in [1.54, 1.807) is 6.33 Å². The van der Waals surface area contributed by atoms with Gasteiger partial charge in [-0.2, -0.15) is 0 Å². The molecule has 1 saturated carbocycles. The van der Waals surface area contributed by atoms with Crippen LogP contribution >= 0.6 is 0 Å². The Hall–Kier alpha value is -1.65. The minimum atomic E-state index is 0.255. The molecule has 0 spiro atoms. The van der Waals surface area contributed by atoms with E-state index in [9.17, 15) is 4.79 Å². The Morgan fingerprint density at radius 3 is 2.65 bits per heavy atom. The third-order valence-corrected chi connectivity index (χ3v) is 5.20. The number of amides is 1. The zero-order valence-electron chi connectivity index (χ0n) is 14.1. The van der Waals surface area contributed by atoms with Crippen molar-refractivity contribution in [3.8, 4) is 0 Å². The summed E-state index contributed by atoms with van der Waals surface area (Å²) in [4.78, 5) is 23.1. The summed E-state index contributed by atoms with van der Waals surface area (Å²) in [7, 11) is 0. The van der Waals surface area contributed by atoms with E-state index in [2.05, 4.69) is 33.2 Å². The van der Waals surface area contributed by atoms with Crippen LogP contribution in [0.5, 0.6) is 0 Å². The minimum Gasteiger partial charge on any atom is -0.356 e. The van der Waals surface area contributed by atoms with E-state index < -0.39 is 0 Å². The lowest BCUT2D eigenvalue weighted by Crippen LogP contribution is -2.38. The van der Waals surface area contributed by atoms with Gasteiger partial charge in [0.25, 0.3) is 0 Å². The molecular formula is C18H28N4O. The van der Waals surface area contributed by atoms with E-state index in [4.69, 9.17) is 0 Å². The molecule has 1 aliphatic carbocycles. The molecule has 3 rings (SSSR count). The molecule has 1 saturated heterocycles. The van der Waals surface area contributed by atoms with Crippen LogP contribution in [0.1, 0.15) is 57.6 Å². The van der Waals surface area contributed by atoms with Gasteiger partial charge in [0.15, 0.2) is 0 Å². The Morgan fingerprint density at radius 1 is 1.22 bits per heavy atom. The molecular weight excluding hydrogens is 288 g/mol. The molecule has 23 heavy (non-hydrogen) atoms. The molecule has 0 unspecified atom stereocenters. The highest BCUT2D eigenvalue weighted by molar-refractivity contribution is 5.76. The van der Waals surface area contributed by atoms with E-state index in [0.29, 0.717) is 18.4 Å². The molecule has 126 valence electrons. The van der Waals surface area contributed by atoms with Crippen molar-refractivity contribution in [3.05, 3.63) is 18.1 Å². The monoisotopic (exact) mass is 316 g/mol. The van der Waals surface area contributed by atoms with Gasteiger partial charge in [-0.15, -0.1) is 0 Å². The maximum absolute atomic E-state index is 12.2. The number of nitrogens with one attached hydrogen (secondary N) is 1. The quantitative estimate of drug-likeness (QED) is 0.907. The molecule has 0 radical (unpaired) electrons. The number of aromatic nitrogens is 2. The van der Waals surface area contributed by atoms with E-state index in [1.807, 2.05) is 0 Å². The Kier molecular flexibility index (Phi) is 5.47. The number of hydrogen-bond acceptors (Lipinski definition) is 4. The van der Waals surface area contributed by atoms with Crippen LogP contribution in [0.2, 0.25) is 0 Å². The highest BCUT2D eigenvalue weighted by Gasteiger charge is 2.24. The van der Waals surface area contributed by atoms with Gasteiger partial charge in [0.2, 0.25) is 5.91 Å². The summed E-state index contributed by atoms with van der Waals surface area (Å²) in [5.41, 5.74) is 1.09. The van der Waals surface area contributed by atoms with Crippen LogP contribution in [0, 0.1) is 5.92 Å². The summed E-state index contributed by atoms with van der Waals surface area (Å²) in [6.45, 7) is 4.09. The minimum absolute atomic E-state index is 0.255. The fourth-order valence-corrected chi connectivity index (χ4v) is 3.74. The van der Waals surface area contributed by atoms with Crippen LogP contribution in [-0.4, -0.2) is 35.0 Å². The topological polar surface area (TPSA) is 58.1 Å². The first-order chi connectivity index (χ1) is 11.2. The number of rotatable bonds is 5. The highest BCUT2D eigenvalue weighted by atomic mass is 16.1. The van der Waals surface area contributed by atoms with E-state index in [-0.39, 0.29) is 5.91 Å². The second kappa shape index (κ2) is 7.75. The summed E-state index contributed by atoms with van der Waals surface area (Å²) in [6.07, 6.45) is 10.3. The zero-order chi connectivity index (χ0) is 16.1. The Balaban J connectivity index is 1.45. The van der Waals surface area contributed by atoms with Crippen molar-refractivity contribution < 1.29 is 4.79 Å². The van der Waals surface area contributed by atoms with Gasteiger partial charge in [-0.25, -0.2) is 9.97 Å². The first kappa shape index (κ1) is 16.2. The molecule has 2 aliphatic rings. The first-order valence-corrected chi connectivity index (χ1v) is 9.10. The molecule has 1 aromatic heterocycles. The third kappa shape index (κ3) is 4.43. The fraction of sp³-hybridized carbons (Fsp3) is 0.722. The van der Waals surface area contributed by atoms with E-state index in [0.717, 1.165) is 56.7 Å². The molecule has 5 nitrogen and oxygen atoms in total. The average Bonchev–Trinajstić information content (AvgIpc) is 3.08. The largest absolute Gasteiger partial charge is 0.356 e. The Labute approximate surface area is 138 Å². The van der Waals surface area contributed by atoms with Gasteiger partial charge in [0, 0.05) is 37.3 Å². The number of anilines is 1. The number of nitrogens with zero attached hydrogens (tertiary/aromatic N) is 3. The smallest absolute Gasteiger partial charge is 0.220 e. The molecule has 1 aliphatic heterocycles. The Morgan fingerprint density at radius 2 is 1.96 bits per heavy atom. The summed E-state index contributed by atoms with van der Waals surface area (Å²) in [5.74, 6) is 1.80. The summed E-state index contributed by atoms with van der Waals surface area (Å²) in [6, 6.07) is 2.53. The number of carbonyl (C=O) groups is 1. The van der Waals surface area contributed by atoms with Gasteiger partial charge in [0.05, 0.1) is 0 Å². The first-order valence-electron chi connectivity index (χ1n) is 9.10. The van der Waals surface area contributed by atoms with E-state index >= 15 is 0 Å². The summed E-state index contributed by atoms with van der Waals surface area (Å²) in [5, 5.41) is 3.21. The number of carbonyl (C=O) groups excluding carboxylic acids is 1. The molecule has 5 heteroatoms. The molecule has 0 bridgehead atoms. The van der Waals surface area contributed by atoms with Crippen molar-refractivity contribution in [1.29, 1.82) is 0 Å². The number of piperidine rings is 1. The maximum atomic E-state index is 12.2. The van der Waals surface area contributed by atoms with Gasteiger partial charge in [-0.05, 0) is 38.0 Å². The number of hydrogen-bond donors (Lipinski definition) is 1. The zero-order valence-corrected chi connectivity index (χ0v) is 14.1. The van der Waals surface area contributed by atoms with Crippen molar-refractivity contribution in [1.82, 2.24) is 15.3 Å². The predicted molar refractivity (Wildman–Crippen MR) is 91.4 cm³/mol. The van der Waals surface area contributed by atoms with Crippen molar-refractivity contribution in [3.63, 3.8) is 0 Å². The van der Waals surface area contributed by atoms with Crippen LogP contribution in [0.3, 0.4) is 0 Å². The van der Waals surface area contributed by atoms with E-state index in [1.165, 1.54) is 12.8 Å². The molecule has 1 amide bonds. The van der Waals surface area contributed by atoms with Gasteiger partial charge in [-0.3, -0.25) is 4.79 Å². The van der Waals surface area contributed by atoms with Crippen LogP contribution < -0.4 is 10.2 Å². The van der Waals surface area contributed by atoms with Gasteiger partial charge < -0.3 is 10.2 Å². The van der Waals surface area contributed by atoms with Gasteiger partial charge >= 0.3 is 0 Å². The Bertz CT molecular complexity index is 520. The maximum Gasteiger partial charge on any atom is 0.220 e. The molecule has 0 aromatic carbocycles. The average molecular weight is 316 g/mol. The standard InChI is InChI=1S/C18H28N4O/c1-2-15-12-17(20-13-19-15)22-9-7-14(8-10-22)11-18(23)21-16-5-3-4-6-16/h12-14,16H,2-11H2,1H3,(H,21,23). The lowest BCUT2D eigenvalue weighted by atomic mass is 9.93. The van der Waals surface area contributed by atoms with Gasteiger partial charge in [-0.1, -0.05) is 19.8 Å². The van der Waals surface area contributed by atoms with Crippen LogP contribution in [0.25, 0.3) is 0 Å². The summed E-state index contributed by atoms with van der Waals surface area (Å²) < 4.78 is 0. The molecule has 1 aromatic rings. The van der Waals surface area contributed by atoms with Crippen LogP contribution in [0.15, 0.2) is 12.4 Å². The normalized spacial score (nSPS) is 20.0. The summed E-state index contributed by atoms with van der Waals surface area (Å²) >= 11 is 0. The molecule has 2 heterocycles. The fourth-order valence-electron chi connectivity index (χ4n) is 3.74. The third-order valence-electron chi connectivity index (χ3n) is 5.20. The van der Waals surface area contributed by atoms with Crippen molar-refractivity contribution >= 4 is 11.7 Å². The molecule has 2 fully saturated rings. The van der Waals surface area contributed by atoms with Crippen LogP contribution in [0.4, 0.5) is 5.82 Å². The number of aryl methyl sites for hydroxylation is 1. The van der Waals surface area contributed by atoms with Gasteiger partial charge in [0.1, 0.15) is 12.1 Å².